The normalized spacial score (nSPS) is 32.7. The molecule has 2 saturated heterocycles. The molecule has 0 aliphatic carbocycles. The molecule has 1 amide bonds. The molecular formula is C8H11F2NO2. The number of fused-ring (bicyclic) bond motifs is 2. The molecule has 2 atom stereocenters. The molecule has 2 aliphatic heterocycles. The molecule has 0 aromatic rings. The summed E-state index contributed by atoms with van der Waals surface area (Å²) >= 11 is 0. The number of carbonyl (C=O) groups is 1. The first-order valence-corrected chi connectivity index (χ1v) is 4.35. The lowest BCUT2D eigenvalue weighted by molar-refractivity contribution is -0.145. The van der Waals surface area contributed by atoms with E-state index >= 15 is 0 Å². The summed E-state index contributed by atoms with van der Waals surface area (Å²) in [6.07, 6.45) is -1.98. The highest BCUT2D eigenvalue weighted by Gasteiger charge is 2.37. The highest BCUT2D eigenvalue weighted by atomic mass is 19.3. The van der Waals surface area contributed by atoms with Gasteiger partial charge in [0.2, 0.25) is 0 Å². The molecule has 0 N–H and O–H groups in total. The molecule has 2 fully saturated rings. The van der Waals surface area contributed by atoms with Gasteiger partial charge in [-0.2, -0.15) is 8.78 Å². The predicted molar refractivity (Wildman–Crippen MR) is 40.4 cm³/mol. The lowest BCUT2D eigenvalue weighted by Gasteiger charge is -2.29. The molecule has 2 bridgehead atoms. The van der Waals surface area contributed by atoms with Crippen LogP contribution in [0.5, 0.6) is 0 Å². The highest BCUT2D eigenvalue weighted by Crippen LogP contribution is 2.27. The fourth-order valence-corrected chi connectivity index (χ4v) is 1.98. The van der Waals surface area contributed by atoms with E-state index in [1.807, 2.05) is 0 Å². The largest absolute Gasteiger partial charge is 0.376 e. The molecule has 2 unspecified atom stereocenters. The molecule has 5 heteroatoms. The molecule has 2 heterocycles. The maximum atomic E-state index is 12.1. The minimum Gasteiger partial charge on any atom is -0.376 e. The van der Waals surface area contributed by atoms with Crippen LogP contribution in [-0.4, -0.2) is 43.0 Å². The van der Waals surface area contributed by atoms with Crippen LogP contribution in [0.4, 0.5) is 8.78 Å². The smallest absolute Gasteiger partial charge is 0.315 e. The van der Waals surface area contributed by atoms with Crippen LogP contribution in [0.1, 0.15) is 6.42 Å². The Labute approximate surface area is 74.6 Å². The van der Waals surface area contributed by atoms with Gasteiger partial charge in [0.05, 0.1) is 12.7 Å². The number of carbonyl (C=O) groups excluding carboxylic acids is 1. The minimum atomic E-state index is -2.88. The molecule has 0 aromatic heterocycles. The SMILES string of the molecule is O=C(C(F)F)N1CC2COC(C2)C1. The molecule has 0 saturated carbocycles. The summed E-state index contributed by atoms with van der Waals surface area (Å²) in [7, 11) is 0. The van der Waals surface area contributed by atoms with Crippen LogP contribution < -0.4 is 0 Å². The van der Waals surface area contributed by atoms with E-state index in [1.54, 1.807) is 0 Å². The zero-order valence-corrected chi connectivity index (χ0v) is 7.08. The van der Waals surface area contributed by atoms with Gasteiger partial charge in [-0.15, -0.1) is 0 Å². The number of hydrogen-bond acceptors (Lipinski definition) is 2. The van der Waals surface area contributed by atoms with Crippen LogP contribution in [-0.2, 0) is 9.53 Å². The molecule has 0 aromatic carbocycles. The van der Waals surface area contributed by atoms with E-state index in [4.69, 9.17) is 4.74 Å². The third-order valence-electron chi connectivity index (χ3n) is 2.56. The van der Waals surface area contributed by atoms with E-state index in [0.717, 1.165) is 6.42 Å². The fraction of sp³-hybridized carbons (Fsp3) is 0.875. The highest BCUT2D eigenvalue weighted by molar-refractivity contribution is 5.79. The van der Waals surface area contributed by atoms with Crippen molar-refractivity contribution in [2.24, 2.45) is 5.92 Å². The lowest BCUT2D eigenvalue weighted by Crippen LogP contribution is -2.45. The molecule has 0 radical (unpaired) electrons. The van der Waals surface area contributed by atoms with Gasteiger partial charge in [0, 0.05) is 19.0 Å². The summed E-state index contributed by atoms with van der Waals surface area (Å²) in [4.78, 5) is 12.2. The van der Waals surface area contributed by atoms with Crippen molar-refractivity contribution in [2.45, 2.75) is 19.0 Å². The van der Waals surface area contributed by atoms with Crippen molar-refractivity contribution in [3.63, 3.8) is 0 Å². The zero-order valence-electron chi connectivity index (χ0n) is 7.08. The van der Waals surface area contributed by atoms with E-state index in [2.05, 4.69) is 0 Å². The molecule has 13 heavy (non-hydrogen) atoms. The van der Waals surface area contributed by atoms with Crippen LogP contribution in [0.15, 0.2) is 0 Å². The summed E-state index contributed by atoms with van der Waals surface area (Å²) in [5.74, 6) is -0.790. The third-order valence-corrected chi connectivity index (χ3v) is 2.56. The van der Waals surface area contributed by atoms with E-state index in [0.29, 0.717) is 19.7 Å². The number of halogens is 2. The molecule has 74 valence electrons. The number of likely N-dealkylation sites (tertiary alicyclic amines) is 1. The van der Waals surface area contributed by atoms with Crippen molar-refractivity contribution < 1.29 is 18.3 Å². The van der Waals surface area contributed by atoms with Gasteiger partial charge in [-0.25, -0.2) is 0 Å². The fourth-order valence-electron chi connectivity index (χ4n) is 1.98. The number of ether oxygens (including phenoxy) is 1. The first-order chi connectivity index (χ1) is 6.16. The lowest BCUT2D eigenvalue weighted by atomic mass is 10.0. The van der Waals surface area contributed by atoms with Gasteiger partial charge in [-0.1, -0.05) is 0 Å². The Morgan fingerprint density at radius 1 is 1.46 bits per heavy atom. The van der Waals surface area contributed by atoms with Gasteiger partial charge in [0.1, 0.15) is 0 Å². The summed E-state index contributed by atoms with van der Waals surface area (Å²) in [6, 6.07) is 0. The predicted octanol–water partition coefficient (Wildman–Crippen LogP) is 0.499. The molecular weight excluding hydrogens is 180 g/mol. The van der Waals surface area contributed by atoms with Gasteiger partial charge < -0.3 is 9.64 Å². The van der Waals surface area contributed by atoms with Gasteiger partial charge >= 0.3 is 6.43 Å². The second kappa shape index (κ2) is 3.21. The van der Waals surface area contributed by atoms with Crippen LogP contribution in [0.3, 0.4) is 0 Å². The van der Waals surface area contributed by atoms with E-state index < -0.39 is 12.3 Å². The van der Waals surface area contributed by atoms with Crippen LogP contribution >= 0.6 is 0 Å². The Hall–Kier alpha value is -0.710. The van der Waals surface area contributed by atoms with Crippen molar-refractivity contribution in [3.8, 4) is 0 Å². The number of rotatable bonds is 1. The van der Waals surface area contributed by atoms with Crippen molar-refractivity contribution in [3.05, 3.63) is 0 Å². The number of piperidine rings is 1. The van der Waals surface area contributed by atoms with Crippen LogP contribution in [0.2, 0.25) is 0 Å². The Morgan fingerprint density at radius 2 is 2.23 bits per heavy atom. The number of hydrogen-bond donors (Lipinski definition) is 0. The second-order valence-corrected chi connectivity index (χ2v) is 3.60. The number of amides is 1. The Bertz CT molecular complexity index is 210. The van der Waals surface area contributed by atoms with Gasteiger partial charge in [-0.05, 0) is 6.42 Å². The molecule has 2 aliphatic rings. The summed E-state index contributed by atoms with van der Waals surface area (Å²) in [5, 5.41) is 0. The number of nitrogens with zero attached hydrogens (tertiary/aromatic N) is 1. The van der Waals surface area contributed by atoms with Crippen LogP contribution in [0.25, 0.3) is 0 Å². The standard InChI is InChI=1S/C8H11F2NO2/c9-7(10)8(12)11-2-5-1-6(3-11)13-4-5/h5-7H,1-4H2. The summed E-state index contributed by atoms with van der Waals surface area (Å²) in [5.41, 5.74) is 0. The molecule has 3 nitrogen and oxygen atoms in total. The number of alkyl halides is 2. The van der Waals surface area contributed by atoms with Crippen molar-refractivity contribution >= 4 is 5.91 Å². The van der Waals surface area contributed by atoms with Gasteiger partial charge in [-0.3, -0.25) is 4.79 Å². The maximum absolute atomic E-state index is 12.1. The van der Waals surface area contributed by atoms with Crippen molar-refractivity contribution in [2.75, 3.05) is 19.7 Å². The molecule has 0 spiro atoms. The average Bonchev–Trinajstić information content (AvgIpc) is 2.44. The zero-order chi connectivity index (χ0) is 9.42. The van der Waals surface area contributed by atoms with E-state index in [1.165, 1.54) is 4.90 Å². The quantitative estimate of drug-likeness (QED) is 0.604. The first kappa shape index (κ1) is 8.87. The maximum Gasteiger partial charge on any atom is 0.315 e. The van der Waals surface area contributed by atoms with Crippen LogP contribution in [0, 0.1) is 5.92 Å². The van der Waals surface area contributed by atoms with Gasteiger partial charge in [0.25, 0.3) is 5.91 Å². The Kier molecular flexibility index (Phi) is 2.19. The summed E-state index contributed by atoms with van der Waals surface area (Å²) < 4.78 is 29.4. The monoisotopic (exact) mass is 191 g/mol. The first-order valence-electron chi connectivity index (χ1n) is 4.35. The van der Waals surface area contributed by atoms with Gasteiger partial charge in [0.15, 0.2) is 0 Å². The minimum absolute atomic E-state index is 0.0125. The van der Waals surface area contributed by atoms with Crippen molar-refractivity contribution in [1.82, 2.24) is 4.90 Å². The van der Waals surface area contributed by atoms with Crippen molar-refractivity contribution in [1.29, 1.82) is 0 Å². The average molecular weight is 191 g/mol. The van der Waals surface area contributed by atoms with E-state index in [-0.39, 0.29) is 12.0 Å². The topological polar surface area (TPSA) is 29.5 Å². The molecule has 2 rings (SSSR count). The van der Waals surface area contributed by atoms with E-state index in [9.17, 15) is 13.6 Å². The Balaban J connectivity index is 1.98. The third kappa shape index (κ3) is 1.65. The Morgan fingerprint density at radius 3 is 2.85 bits per heavy atom. The summed E-state index contributed by atoms with van der Waals surface area (Å²) in [6.45, 7) is 1.37. The second-order valence-electron chi connectivity index (χ2n) is 3.60.